The molecule has 0 atom stereocenters. The normalized spacial score (nSPS) is 10.7. The second-order valence-corrected chi connectivity index (χ2v) is 4.99. The number of hydrogen-bond donors (Lipinski definition) is 1. The highest BCUT2D eigenvalue weighted by Gasteiger charge is 2.14. The van der Waals surface area contributed by atoms with E-state index in [4.69, 9.17) is 22.1 Å². The minimum Gasteiger partial charge on any atom is -0.496 e. The first kappa shape index (κ1) is 13.4. The third-order valence-corrected chi connectivity index (χ3v) is 3.78. The largest absolute Gasteiger partial charge is 0.496 e. The van der Waals surface area contributed by atoms with Crippen LogP contribution in [0.1, 0.15) is 5.82 Å². The van der Waals surface area contributed by atoms with Gasteiger partial charge in [-0.3, -0.25) is 0 Å². The van der Waals surface area contributed by atoms with E-state index in [0.29, 0.717) is 11.7 Å². The van der Waals surface area contributed by atoms with Gasteiger partial charge in [0.15, 0.2) is 0 Å². The van der Waals surface area contributed by atoms with Crippen LogP contribution in [0.2, 0.25) is 5.15 Å². The van der Waals surface area contributed by atoms with Crippen molar-refractivity contribution in [2.75, 3.05) is 7.11 Å². The lowest BCUT2D eigenvalue weighted by Crippen LogP contribution is -2.04. The summed E-state index contributed by atoms with van der Waals surface area (Å²) < 4.78 is 7.84. The van der Waals surface area contributed by atoms with E-state index in [1.165, 1.54) is 0 Å². The standard InChI is InChI=1S/C12H13BrClN3O/c1-17-10(6-15)16-11(12(17)14)7-3-4-9(18-2)8(13)5-7/h3-5H,6,15H2,1-2H3. The summed E-state index contributed by atoms with van der Waals surface area (Å²) in [4.78, 5) is 4.44. The van der Waals surface area contributed by atoms with Gasteiger partial charge in [0, 0.05) is 12.6 Å². The average molecular weight is 331 g/mol. The van der Waals surface area contributed by atoms with Crippen LogP contribution < -0.4 is 10.5 Å². The Bertz CT molecular complexity index is 583. The number of methoxy groups -OCH3 is 1. The molecular weight excluding hydrogens is 318 g/mol. The predicted molar refractivity (Wildman–Crippen MR) is 75.8 cm³/mol. The first-order chi connectivity index (χ1) is 8.58. The Balaban J connectivity index is 2.52. The number of nitrogens with zero attached hydrogens (tertiary/aromatic N) is 2. The molecule has 1 aromatic carbocycles. The van der Waals surface area contributed by atoms with Crippen molar-refractivity contribution in [1.29, 1.82) is 0 Å². The van der Waals surface area contributed by atoms with Gasteiger partial charge in [-0.05, 0) is 34.1 Å². The van der Waals surface area contributed by atoms with E-state index in [1.54, 1.807) is 11.7 Å². The molecule has 0 unspecified atom stereocenters. The third-order valence-electron chi connectivity index (χ3n) is 2.73. The van der Waals surface area contributed by atoms with Crippen molar-refractivity contribution in [3.63, 3.8) is 0 Å². The van der Waals surface area contributed by atoms with Crippen molar-refractivity contribution in [1.82, 2.24) is 9.55 Å². The zero-order valence-electron chi connectivity index (χ0n) is 10.1. The van der Waals surface area contributed by atoms with Crippen molar-refractivity contribution >= 4 is 27.5 Å². The van der Waals surface area contributed by atoms with Crippen LogP contribution in [-0.2, 0) is 13.6 Å². The molecule has 0 aliphatic rings. The fourth-order valence-corrected chi connectivity index (χ4v) is 2.49. The molecule has 0 fully saturated rings. The summed E-state index contributed by atoms with van der Waals surface area (Å²) in [5.41, 5.74) is 7.26. The molecule has 0 bridgehead atoms. The highest BCUT2D eigenvalue weighted by Crippen LogP contribution is 2.33. The van der Waals surface area contributed by atoms with Gasteiger partial charge in [-0.25, -0.2) is 4.98 Å². The number of ether oxygens (including phenoxy) is 1. The fraction of sp³-hybridized carbons (Fsp3) is 0.250. The molecule has 4 nitrogen and oxygen atoms in total. The number of imidazole rings is 1. The Kier molecular flexibility index (Phi) is 3.94. The van der Waals surface area contributed by atoms with Crippen molar-refractivity contribution in [2.45, 2.75) is 6.54 Å². The number of hydrogen-bond acceptors (Lipinski definition) is 3. The SMILES string of the molecule is COc1ccc(-c2nc(CN)n(C)c2Cl)cc1Br. The smallest absolute Gasteiger partial charge is 0.136 e. The molecule has 0 aliphatic heterocycles. The second kappa shape index (κ2) is 5.30. The van der Waals surface area contributed by atoms with Crippen LogP contribution in [0.3, 0.4) is 0 Å². The Labute approximate surface area is 119 Å². The van der Waals surface area contributed by atoms with Gasteiger partial charge in [-0.2, -0.15) is 0 Å². The molecule has 96 valence electrons. The van der Waals surface area contributed by atoms with Crippen molar-refractivity contribution < 1.29 is 4.74 Å². The van der Waals surface area contributed by atoms with Gasteiger partial charge < -0.3 is 15.0 Å². The van der Waals surface area contributed by atoms with E-state index < -0.39 is 0 Å². The molecule has 0 saturated carbocycles. The maximum absolute atomic E-state index is 6.25. The van der Waals surface area contributed by atoms with Gasteiger partial charge >= 0.3 is 0 Å². The van der Waals surface area contributed by atoms with E-state index in [2.05, 4.69) is 20.9 Å². The minimum atomic E-state index is 0.355. The van der Waals surface area contributed by atoms with Crippen LogP contribution in [0.25, 0.3) is 11.3 Å². The summed E-state index contributed by atoms with van der Waals surface area (Å²) in [5.74, 6) is 1.52. The molecule has 1 heterocycles. The molecule has 2 rings (SSSR count). The number of halogens is 2. The Morgan fingerprint density at radius 2 is 2.22 bits per heavy atom. The minimum absolute atomic E-state index is 0.355. The van der Waals surface area contributed by atoms with Crippen molar-refractivity contribution in [3.8, 4) is 17.0 Å². The van der Waals surface area contributed by atoms with Crippen LogP contribution in [-0.4, -0.2) is 16.7 Å². The summed E-state index contributed by atoms with van der Waals surface area (Å²) in [6.45, 7) is 0.355. The zero-order valence-corrected chi connectivity index (χ0v) is 12.4. The van der Waals surface area contributed by atoms with Gasteiger partial charge in [0.1, 0.15) is 22.4 Å². The van der Waals surface area contributed by atoms with E-state index in [9.17, 15) is 0 Å². The van der Waals surface area contributed by atoms with Gasteiger partial charge in [0.05, 0.1) is 18.1 Å². The quantitative estimate of drug-likeness (QED) is 0.941. The lowest BCUT2D eigenvalue weighted by atomic mass is 10.1. The van der Waals surface area contributed by atoms with Crippen LogP contribution in [0, 0.1) is 0 Å². The molecule has 6 heteroatoms. The Morgan fingerprint density at radius 1 is 1.50 bits per heavy atom. The fourth-order valence-electron chi connectivity index (χ4n) is 1.70. The molecular formula is C12H13BrClN3O. The van der Waals surface area contributed by atoms with Crippen LogP contribution in [0.4, 0.5) is 0 Å². The van der Waals surface area contributed by atoms with E-state index in [1.807, 2.05) is 25.2 Å². The highest BCUT2D eigenvalue weighted by molar-refractivity contribution is 9.10. The molecule has 0 amide bonds. The van der Waals surface area contributed by atoms with Crippen LogP contribution in [0.15, 0.2) is 22.7 Å². The number of benzene rings is 1. The van der Waals surface area contributed by atoms with Crippen LogP contribution in [0.5, 0.6) is 5.75 Å². The van der Waals surface area contributed by atoms with Gasteiger partial charge in [0.25, 0.3) is 0 Å². The zero-order chi connectivity index (χ0) is 13.3. The highest BCUT2D eigenvalue weighted by atomic mass is 79.9. The average Bonchev–Trinajstić information content (AvgIpc) is 2.66. The van der Waals surface area contributed by atoms with E-state index >= 15 is 0 Å². The molecule has 2 aromatic rings. The van der Waals surface area contributed by atoms with Gasteiger partial charge in [0.2, 0.25) is 0 Å². The third kappa shape index (κ3) is 2.25. The lowest BCUT2D eigenvalue weighted by molar-refractivity contribution is 0.412. The van der Waals surface area contributed by atoms with Crippen molar-refractivity contribution in [3.05, 3.63) is 33.6 Å². The predicted octanol–water partition coefficient (Wildman–Crippen LogP) is 2.97. The number of rotatable bonds is 3. The first-order valence-electron chi connectivity index (χ1n) is 5.33. The summed E-state index contributed by atoms with van der Waals surface area (Å²) in [6, 6.07) is 5.71. The topological polar surface area (TPSA) is 53.1 Å². The summed E-state index contributed by atoms with van der Waals surface area (Å²) in [7, 11) is 3.47. The summed E-state index contributed by atoms with van der Waals surface area (Å²) in [6.07, 6.45) is 0. The molecule has 1 aromatic heterocycles. The molecule has 0 spiro atoms. The molecule has 18 heavy (non-hydrogen) atoms. The molecule has 0 radical (unpaired) electrons. The Hall–Kier alpha value is -1.04. The van der Waals surface area contributed by atoms with Gasteiger partial charge in [-0.1, -0.05) is 11.6 Å². The van der Waals surface area contributed by atoms with E-state index in [-0.39, 0.29) is 0 Å². The summed E-state index contributed by atoms with van der Waals surface area (Å²) in [5, 5.41) is 0.576. The van der Waals surface area contributed by atoms with E-state index in [0.717, 1.165) is 27.3 Å². The lowest BCUT2D eigenvalue weighted by Gasteiger charge is -2.05. The summed E-state index contributed by atoms with van der Waals surface area (Å²) >= 11 is 9.70. The number of nitrogens with two attached hydrogens (primary N) is 1. The second-order valence-electron chi connectivity index (χ2n) is 3.78. The molecule has 2 N–H and O–H groups in total. The molecule has 0 saturated heterocycles. The van der Waals surface area contributed by atoms with Crippen molar-refractivity contribution in [2.24, 2.45) is 12.8 Å². The van der Waals surface area contributed by atoms with Crippen LogP contribution >= 0.6 is 27.5 Å². The Morgan fingerprint density at radius 3 is 2.72 bits per heavy atom. The molecule has 0 aliphatic carbocycles. The first-order valence-corrected chi connectivity index (χ1v) is 6.50. The monoisotopic (exact) mass is 329 g/mol. The maximum atomic E-state index is 6.25. The number of aromatic nitrogens is 2. The van der Waals surface area contributed by atoms with Gasteiger partial charge in [-0.15, -0.1) is 0 Å². The maximum Gasteiger partial charge on any atom is 0.136 e.